The molecule has 0 amide bonds. The van der Waals surface area contributed by atoms with Crippen LogP contribution in [-0.4, -0.2) is 55.2 Å². The summed E-state index contributed by atoms with van der Waals surface area (Å²) in [6.07, 6.45) is 1.38. The molecule has 90 valence electrons. The van der Waals surface area contributed by atoms with Gasteiger partial charge in [0.1, 0.15) is 0 Å². The van der Waals surface area contributed by atoms with E-state index in [4.69, 9.17) is 0 Å². The SMILES string of the molecule is CCCC(C)N(C)C1CS(=O)(=O)CC1O. The third-order valence-corrected chi connectivity index (χ3v) is 4.92. The molecule has 5 heteroatoms. The predicted molar refractivity (Wildman–Crippen MR) is 60.6 cm³/mol. The first-order chi connectivity index (χ1) is 6.87. The van der Waals surface area contributed by atoms with Crippen LogP contribution in [0.2, 0.25) is 0 Å². The molecule has 1 rings (SSSR count). The summed E-state index contributed by atoms with van der Waals surface area (Å²) in [6.45, 7) is 4.17. The summed E-state index contributed by atoms with van der Waals surface area (Å²) in [5.74, 6) is 0.0135. The Morgan fingerprint density at radius 3 is 2.47 bits per heavy atom. The van der Waals surface area contributed by atoms with Crippen LogP contribution in [0.25, 0.3) is 0 Å². The predicted octanol–water partition coefficient (Wildman–Crippen LogP) is 0.265. The van der Waals surface area contributed by atoms with Crippen LogP contribution in [0, 0.1) is 0 Å². The Balaban J connectivity index is 2.64. The Hall–Kier alpha value is -0.130. The average Bonchev–Trinajstić information content (AvgIpc) is 2.39. The van der Waals surface area contributed by atoms with Crippen LogP contribution in [0.1, 0.15) is 26.7 Å². The molecule has 1 N–H and O–H groups in total. The van der Waals surface area contributed by atoms with E-state index in [1.807, 2.05) is 11.9 Å². The molecule has 1 fully saturated rings. The average molecular weight is 235 g/mol. The molecule has 1 heterocycles. The van der Waals surface area contributed by atoms with Crippen molar-refractivity contribution < 1.29 is 13.5 Å². The minimum atomic E-state index is -3.03. The normalized spacial score (nSPS) is 32.1. The Labute approximate surface area is 92.2 Å². The Bertz CT molecular complexity index is 302. The van der Waals surface area contributed by atoms with E-state index < -0.39 is 15.9 Å². The summed E-state index contributed by atoms with van der Waals surface area (Å²) in [5.41, 5.74) is 0. The fraction of sp³-hybridized carbons (Fsp3) is 1.00. The highest BCUT2D eigenvalue weighted by molar-refractivity contribution is 7.91. The van der Waals surface area contributed by atoms with Crippen molar-refractivity contribution in [2.45, 2.75) is 44.9 Å². The van der Waals surface area contributed by atoms with Crippen LogP contribution in [0.15, 0.2) is 0 Å². The number of rotatable bonds is 4. The van der Waals surface area contributed by atoms with Gasteiger partial charge in [0.25, 0.3) is 0 Å². The van der Waals surface area contributed by atoms with Crippen LogP contribution in [0.4, 0.5) is 0 Å². The van der Waals surface area contributed by atoms with E-state index in [2.05, 4.69) is 13.8 Å². The largest absolute Gasteiger partial charge is 0.390 e. The highest BCUT2D eigenvalue weighted by Crippen LogP contribution is 2.20. The molecule has 0 aromatic rings. The second-order valence-corrected chi connectivity index (χ2v) is 6.67. The third-order valence-electron chi connectivity index (χ3n) is 3.22. The summed E-state index contributed by atoms with van der Waals surface area (Å²) in [5, 5.41) is 9.69. The van der Waals surface area contributed by atoms with Crippen LogP contribution in [0.5, 0.6) is 0 Å². The smallest absolute Gasteiger partial charge is 0.154 e. The fourth-order valence-electron chi connectivity index (χ4n) is 2.15. The number of nitrogens with zero attached hydrogens (tertiary/aromatic N) is 1. The van der Waals surface area contributed by atoms with Gasteiger partial charge >= 0.3 is 0 Å². The van der Waals surface area contributed by atoms with Gasteiger partial charge in [-0.25, -0.2) is 8.42 Å². The molecule has 0 aromatic heterocycles. The standard InChI is InChI=1S/C10H21NO3S/c1-4-5-8(2)11(3)9-6-15(13,14)7-10(9)12/h8-10,12H,4-7H2,1-3H3. The molecule has 1 aliphatic heterocycles. The van der Waals surface area contributed by atoms with Crippen LogP contribution in [0.3, 0.4) is 0 Å². The molecule has 0 bridgehead atoms. The number of hydrogen-bond acceptors (Lipinski definition) is 4. The van der Waals surface area contributed by atoms with Gasteiger partial charge in [-0.15, -0.1) is 0 Å². The maximum atomic E-state index is 11.3. The first kappa shape index (κ1) is 12.9. The molecule has 4 nitrogen and oxygen atoms in total. The van der Waals surface area contributed by atoms with Crippen molar-refractivity contribution in [3.8, 4) is 0 Å². The van der Waals surface area contributed by atoms with Crippen molar-refractivity contribution in [1.82, 2.24) is 4.90 Å². The molecule has 1 aliphatic rings. The summed E-state index contributed by atoms with van der Waals surface area (Å²) in [6, 6.07) is 0.0968. The molecule has 3 atom stereocenters. The van der Waals surface area contributed by atoms with Crippen molar-refractivity contribution in [3.63, 3.8) is 0 Å². The fourth-order valence-corrected chi connectivity index (χ4v) is 4.00. The van der Waals surface area contributed by atoms with Gasteiger partial charge in [-0.2, -0.15) is 0 Å². The van der Waals surface area contributed by atoms with Crippen LogP contribution < -0.4 is 0 Å². The molecule has 3 unspecified atom stereocenters. The van der Waals surface area contributed by atoms with Crippen molar-refractivity contribution in [2.75, 3.05) is 18.6 Å². The Morgan fingerprint density at radius 1 is 1.47 bits per heavy atom. The molecule has 0 radical (unpaired) electrons. The van der Waals surface area contributed by atoms with Gasteiger partial charge in [0, 0.05) is 6.04 Å². The molecule has 0 saturated carbocycles. The van der Waals surface area contributed by atoms with Crippen LogP contribution in [-0.2, 0) is 9.84 Å². The first-order valence-electron chi connectivity index (χ1n) is 5.48. The molecule has 1 saturated heterocycles. The molecule has 0 aromatic carbocycles. The lowest BCUT2D eigenvalue weighted by atomic mass is 10.1. The van der Waals surface area contributed by atoms with E-state index in [0.717, 1.165) is 12.8 Å². The quantitative estimate of drug-likeness (QED) is 0.759. The Morgan fingerprint density at radius 2 is 2.07 bits per heavy atom. The van der Waals surface area contributed by atoms with Crippen LogP contribution >= 0.6 is 0 Å². The molecular formula is C10H21NO3S. The van der Waals surface area contributed by atoms with E-state index in [-0.39, 0.29) is 17.5 Å². The number of aliphatic hydroxyl groups excluding tert-OH is 1. The van der Waals surface area contributed by atoms with E-state index >= 15 is 0 Å². The van der Waals surface area contributed by atoms with Gasteiger partial charge < -0.3 is 5.11 Å². The monoisotopic (exact) mass is 235 g/mol. The minimum absolute atomic E-state index is 0.0825. The summed E-state index contributed by atoms with van der Waals surface area (Å²) >= 11 is 0. The number of sulfone groups is 1. The van der Waals surface area contributed by atoms with E-state index in [1.165, 1.54) is 0 Å². The zero-order valence-corrected chi connectivity index (χ0v) is 10.5. The molecule has 0 spiro atoms. The maximum Gasteiger partial charge on any atom is 0.154 e. The lowest BCUT2D eigenvalue weighted by Gasteiger charge is -2.31. The van der Waals surface area contributed by atoms with Gasteiger partial charge in [0.05, 0.1) is 23.7 Å². The summed E-state index contributed by atoms with van der Waals surface area (Å²) in [7, 11) is -1.13. The van der Waals surface area contributed by atoms with E-state index in [9.17, 15) is 13.5 Å². The molecule has 0 aliphatic carbocycles. The van der Waals surface area contributed by atoms with Gasteiger partial charge in [0.2, 0.25) is 0 Å². The van der Waals surface area contributed by atoms with Crippen molar-refractivity contribution >= 4 is 9.84 Å². The first-order valence-corrected chi connectivity index (χ1v) is 7.30. The van der Waals surface area contributed by atoms with E-state index in [0.29, 0.717) is 6.04 Å². The van der Waals surface area contributed by atoms with Gasteiger partial charge in [-0.3, -0.25) is 4.90 Å². The lowest BCUT2D eigenvalue weighted by Crippen LogP contribution is -2.45. The van der Waals surface area contributed by atoms with Gasteiger partial charge in [0.15, 0.2) is 9.84 Å². The van der Waals surface area contributed by atoms with Gasteiger partial charge in [-0.05, 0) is 20.4 Å². The van der Waals surface area contributed by atoms with Crippen molar-refractivity contribution in [3.05, 3.63) is 0 Å². The Kier molecular flexibility index (Phi) is 4.14. The summed E-state index contributed by atoms with van der Waals surface area (Å²) < 4.78 is 22.7. The van der Waals surface area contributed by atoms with Crippen molar-refractivity contribution in [2.24, 2.45) is 0 Å². The maximum absolute atomic E-state index is 11.3. The van der Waals surface area contributed by atoms with Crippen molar-refractivity contribution in [1.29, 1.82) is 0 Å². The third kappa shape index (κ3) is 3.16. The minimum Gasteiger partial charge on any atom is -0.390 e. The second-order valence-electron chi connectivity index (χ2n) is 4.51. The zero-order chi connectivity index (χ0) is 11.6. The highest BCUT2D eigenvalue weighted by atomic mass is 32.2. The van der Waals surface area contributed by atoms with Gasteiger partial charge in [-0.1, -0.05) is 13.3 Å². The molecule has 15 heavy (non-hydrogen) atoms. The molecular weight excluding hydrogens is 214 g/mol. The summed E-state index contributed by atoms with van der Waals surface area (Å²) in [4.78, 5) is 2.00. The zero-order valence-electron chi connectivity index (χ0n) is 9.68. The topological polar surface area (TPSA) is 57.6 Å². The second kappa shape index (κ2) is 4.80. The lowest BCUT2D eigenvalue weighted by molar-refractivity contribution is 0.0752. The highest BCUT2D eigenvalue weighted by Gasteiger charge is 2.39. The number of aliphatic hydroxyl groups is 1. The van der Waals surface area contributed by atoms with E-state index in [1.54, 1.807) is 0 Å². The number of hydrogen-bond donors (Lipinski definition) is 1. The number of likely N-dealkylation sites (N-methyl/N-ethyl adjacent to an activating group) is 1.